The summed E-state index contributed by atoms with van der Waals surface area (Å²) in [4.78, 5) is 24.2. The first-order valence-corrected chi connectivity index (χ1v) is 7.24. The van der Waals surface area contributed by atoms with Crippen LogP contribution >= 0.6 is 0 Å². The fourth-order valence-electron chi connectivity index (χ4n) is 2.67. The minimum absolute atomic E-state index is 0.00298. The number of carbonyl (C=O) groups is 2. The number of nitrogens with zero attached hydrogens (tertiary/aromatic N) is 1. The highest BCUT2D eigenvalue weighted by Gasteiger charge is 2.18. The predicted molar refractivity (Wildman–Crippen MR) is 74.8 cm³/mol. The molecule has 0 heterocycles. The third-order valence-corrected chi connectivity index (χ3v) is 3.79. The van der Waals surface area contributed by atoms with Gasteiger partial charge in [0, 0.05) is 19.5 Å². The summed E-state index contributed by atoms with van der Waals surface area (Å²) in [5.74, 6) is -0.122. The van der Waals surface area contributed by atoms with Gasteiger partial charge in [0.05, 0.1) is 6.42 Å². The van der Waals surface area contributed by atoms with Gasteiger partial charge in [0.2, 0.25) is 5.91 Å². The number of rotatable bonds is 8. The lowest BCUT2D eigenvalue weighted by Gasteiger charge is -2.24. The Morgan fingerprint density at radius 1 is 1.21 bits per heavy atom. The van der Waals surface area contributed by atoms with Crippen LogP contribution in [0.3, 0.4) is 0 Å². The van der Waals surface area contributed by atoms with Crippen molar-refractivity contribution in [2.45, 2.75) is 51.4 Å². The highest BCUT2D eigenvalue weighted by molar-refractivity contribution is 5.77. The summed E-state index contributed by atoms with van der Waals surface area (Å²) >= 11 is 0. The maximum Gasteiger partial charge on any atom is 0.305 e. The molecule has 1 amide bonds. The fraction of sp³-hybridized carbons (Fsp3) is 0.733. The molecule has 0 spiro atoms. The number of carbonyl (C=O) groups excluding carboxylic acids is 1. The number of amides is 1. The molecule has 0 radical (unpaired) electrons. The van der Waals surface area contributed by atoms with Crippen LogP contribution in [0.4, 0.5) is 0 Å². The van der Waals surface area contributed by atoms with Crippen molar-refractivity contribution >= 4 is 11.9 Å². The molecular formula is C15H25NO3. The Kier molecular flexibility index (Phi) is 7.23. The zero-order valence-corrected chi connectivity index (χ0v) is 11.6. The Hall–Kier alpha value is -1.32. The number of carboxylic acids is 1. The lowest BCUT2D eigenvalue weighted by molar-refractivity contribution is -0.138. The van der Waals surface area contributed by atoms with Crippen LogP contribution in [0.5, 0.6) is 0 Å². The van der Waals surface area contributed by atoms with Crippen LogP contribution in [-0.2, 0) is 9.59 Å². The van der Waals surface area contributed by atoms with E-state index < -0.39 is 5.97 Å². The van der Waals surface area contributed by atoms with Gasteiger partial charge < -0.3 is 10.0 Å². The zero-order chi connectivity index (χ0) is 14.1. The molecule has 108 valence electrons. The maximum absolute atomic E-state index is 12.1. The topological polar surface area (TPSA) is 57.6 Å². The van der Waals surface area contributed by atoms with Gasteiger partial charge in [-0.1, -0.05) is 38.2 Å². The Labute approximate surface area is 115 Å². The smallest absolute Gasteiger partial charge is 0.305 e. The average Bonchev–Trinajstić information content (AvgIpc) is 2.41. The Morgan fingerprint density at radius 2 is 1.89 bits per heavy atom. The summed E-state index contributed by atoms with van der Waals surface area (Å²) in [5.41, 5.74) is 0. The van der Waals surface area contributed by atoms with E-state index in [-0.39, 0.29) is 18.9 Å². The first kappa shape index (κ1) is 15.7. The molecule has 1 N–H and O–H groups in total. The summed E-state index contributed by atoms with van der Waals surface area (Å²) in [6.45, 7) is 4.34. The Balaban J connectivity index is 2.33. The highest BCUT2D eigenvalue weighted by atomic mass is 16.4. The molecular weight excluding hydrogens is 242 g/mol. The van der Waals surface area contributed by atoms with Gasteiger partial charge in [-0.3, -0.25) is 9.59 Å². The van der Waals surface area contributed by atoms with Crippen molar-refractivity contribution in [3.63, 3.8) is 0 Å². The van der Waals surface area contributed by atoms with E-state index in [1.165, 1.54) is 32.1 Å². The van der Waals surface area contributed by atoms with Crippen LogP contribution in [0.15, 0.2) is 12.7 Å². The van der Waals surface area contributed by atoms with E-state index in [2.05, 4.69) is 6.58 Å². The number of carboxylic acid groups (broad SMARTS) is 1. The Morgan fingerprint density at radius 3 is 2.47 bits per heavy atom. The molecule has 1 aliphatic rings. The second-order valence-electron chi connectivity index (χ2n) is 5.31. The molecule has 0 unspecified atom stereocenters. The minimum Gasteiger partial charge on any atom is -0.481 e. The normalized spacial score (nSPS) is 16.0. The fourth-order valence-corrected chi connectivity index (χ4v) is 2.67. The van der Waals surface area contributed by atoms with E-state index in [1.54, 1.807) is 11.0 Å². The lowest BCUT2D eigenvalue weighted by atomic mass is 9.86. The van der Waals surface area contributed by atoms with Gasteiger partial charge in [-0.25, -0.2) is 0 Å². The van der Waals surface area contributed by atoms with Gasteiger partial charge in [0.25, 0.3) is 0 Å². The van der Waals surface area contributed by atoms with Crippen LogP contribution in [0.25, 0.3) is 0 Å². The van der Waals surface area contributed by atoms with E-state index in [0.29, 0.717) is 18.9 Å². The van der Waals surface area contributed by atoms with Crippen LogP contribution in [0.1, 0.15) is 51.4 Å². The monoisotopic (exact) mass is 267 g/mol. The van der Waals surface area contributed by atoms with E-state index in [0.717, 1.165) is 6.42 Å². The predicted octanol–water partition coefficient (Wildman–Crippen LogP) is 2.84. The molecule has 1 aliphatic carbocycles. The molecule has 0 aromatic heterocycles. The largest absolute Gasteiger partial charge is 0.481 e. The van der Waals surface area contributed by atoms with Gasteiger partial charge in [0.15, 0.2) is 0 Å². The summed E-state index contributed by atoms with van der Waals surface area (Å²) < 4.78 is 0. The standard InChI is InChI=1S/C15H25NO3/c1-2-11-16(12-10-15(18)19)14(17)9-8-13-6-4-3-5-7-13/h2,13H,1,3-12H2,(H,18,19). The number of aliphatic carboxylic acids is 1. The van der Waals surface area contributed by atoms with Crippen molar-refractivity contribution in [3.05, 3.63) is 12.7 Å². The third-order valence-electron chi connectivity index (χ3n) is 3.79. The van der Waals surface area contributed by atoms with E-state index >= 15 is 0 Å². The first-order valence-electron chi connectivity index (χ1n) is 7.24. The lowest BCUT2D eigenvalue weighted by Crippen LogP contribution is -2.33. The molecule has 0 saturated heterocycles. The number of hydrogen-bond donors (Lipinski definition) is 1. The Bertz CT molecular complexity index is 309. The third kappa shape index (κ3) is 6.41. The van der Waals surface area contributed by atoms with Gasteiger partial charge in [-0.2, -0.15) is 0 Å². The molecule has 19 heavy (non-hydrogen) atoms. The van der Waals surface area contributed by atoms with Crippen LogP contribution < -0.4 is 0 Å². The second-order valence-corrected chi connectivity index (χ2v) is 5.31. The SMILES string of the molecule is C=CCN(CCC(=O)O)C(=O)CCC1CCCCC1. The molecule has 1 fully saturated rings. The van der Waals surface area contributed by atoms with Crippen LogP contribution in [-0.4, -0.2) is 35.0 Å². The van der Waals surface area contributed by atoms with Crippen LogP contribution in [0.2, 0.25) is 0 Å². The molecule has 1 rings (SSSR count). The molecule has 4 nitrogen and oxygen atoms in total. The molecule has 0 bridgehead atoms. The summed E-state index contributed by atoms with van der Waals surface area (Å²) in [5, 5.41) is 8.68. The van der Waals surface area contributed by atoms with E-state index in [9.17, 15) is 9.59 Å². The van der Waals surface area contributed by atoms with Crippen molar-refractivity contribution in [1.29, 1.82) is 0 Å². The van der Waals surface area contributed by atoms with Gasteiger partial charge >= 0.3 is 5.97 Å². The van der Waals surface area contributed by atoms with Crippen LogP contribution in [0, 0.1) is 5.92 Å². The summed E-state index contributed by atoms with van der Waals surface area (Å²) in [6.07, 6.45) is 9.52. The maximum atomic E-state index is 12.1. The second kappa shape index (κ2) is 8.73. The van der Waals surface area contributed by atoms with Gasteiger partial charge in [-0.05, 0) is 12.3 Å². The van der Waals surface area contributed by atoms with Crippen molar-refractivity contribution in [1.82, 2.24) is 4.90 Å². The number of hydrogen-bond acceptors (Lipinski definition) is 2. The van der Waals surface area contributed by atoms with Crippen molar-refractivity contribution < 1.29 is 14.7 Å². The van der Waals surface area contributed by atoms with E-state index in [4.69, 9.17) is 5.11 Å². The van der Waals surface area contributed by atoms with Crippen molar-refractivity contribution in [2.75, 3.05) is 13.1 Å². The zero-order valence-electron chi connectivity index (χ0n) is 11.6. The first-order chi connectivity index (χ1) is 9.13. The van der Waals surface area contributed by atoms with Gasteiger partial charge in [0.1, 0.15) is 0 Å². The molecule has 0 aliphatic heterocycles. The van der Waals surface area contributed by atoms with E-state index in [1.807, 2.05) is 0 Å². The average molecular weight is 267 g/mol. The molecule has 4 heteroatoms. The molecule has 0 aromatic rings. The minimum atomic E-state index is -0.867. The quantitative estimate of drug-likeness (QED) is 0.688. The molecule has 0 atom stereocenters. The molecule has 1 saturated carbocycles. The van der Waals surface area contributed by atoms with Crippen molar-refractivity contribution in [2.24, 2.45) is 5.92 Å². The summed E-state index contributed by atoms with van der Waals surface area (Å²) in [7, 11) is 0. The highest BCUT2D eigenvalue weighted by Crippen LogP contribution is 2.27. The summed E-state index contributed by atoms with van der Waals surface area (Å²) in [6, 6.07) is 0. The van der Waals surface area contributed by atoms with Crippen molar-refractivity contribution in [3.8, 4) is 0 Å². The molecule has 0 aromatic carbocycles. The van der Waals surface area contributed by atoms with Gasteiger partial charge in [-0.15, -0.1) is 6.58 Å².